The first-order valence-corrected chi connectivity index (χ1v) is 6.77. The molecule has 0 atom stereocenters. The number of pyridine rings is 1. The molecule has 0 unspecified atom stereocenters. The second kappa shape index (κ2) is 5.92. The predicted molar refractivity (Wildman–Crippen MR) is 83.3 cm³/mol. The number of hydrogen-bond donors (Lipinski definition) is 2. The highest BCUT2D eigenvalue weighted by Gasteiger charge is 2.19. The van der Waals surface area contributed by atoms with Gasteiger partial charge in [-0.2, -0.15) is 0 Å². The van der Waals surface area contributed by atoms with Crippen LogP contribution in [0.25, 0.3) is 10.9 Å². The van der Waals surface area contributed by atoms with E-state index in [1.165, 1.54) is 36.4 Å². The third-order valence-electron chi connectivity index (χ3n) is 3.34. The van der Waals surface area contributed by atoms with Gasteiger partial charge in [-0.25, -0.2) is 19.1 Å². The van der Waals surface area contributed by atoms with Crippen LogP contribution in [0.4, 0.5) is 10.5 Å². The largest absolute Gasteiger partial charge is 0.477 e. The highest BCUT2D eigenvalue weighted by molar-refractivity contribution is 6.00. The van der Waals surface area contributed by atoms with Crippen molar-refractivity contribution >= 4 is 28.7 Å². The molecule has 0 saturated carbocycles. The number of nitrogens with zero attached hydrogens (tertiary/aromatic N) is 3. The second-order valence-corrected chi connectivity index (χ2v) is 4.89. The van der Waals surface area contributed by atoms with Crippen molar-refractivity contribution in [1.82, 2.24) is 9.55 Å². The minimum absolute atomic E-state index is 0.0665. The number of nitro groups is 1. The van der Waals surface area contributed by atoms with E-state index in [-0.39, 0.29) is 22.8 Å². The molecule has 10 heteroatoms. The van der Waals surface area contributed by atoms with Crippen molar-refractivity contribution in [3.8, 4) is 11.6 Å². The number of carboxylic acids is 1. The normalized spacial score (nSPS) is 10.6. The van der Waals surface area contributed by atoms with Gasteiger partial charge in [0.15, 0.2) is 0 Å². The van der Waals surface area contributed by atoms with Gasteiger partial charge in [0.1, 0.15) is 17.6 Å². The van der Waals surface area contributed by atoms with Gasteiger partial charge in [-0.15, -0.1) is 0 Å². The van der Waals surface area contributed by atoms with Crippen molar-refractivity contribution < 1.29 is 29.5 Å². The Morgan fingerprint density at radius 3 is 2.48 bits per heavy atom. The van der Waals surface area contributed by atoms with Gasteiger partial charge in [-0.3, -0.25) is 10.1 Å². The summed E-state index contributed by atoms with van der Waals surface area (Å²) in [4.78, 5) is 36.3. The van der Waals surface area contributed by atoms with Crippen molar-refractivity contribution in [3.05, 3.63) is 58.4 Å². The summed E-state index contributed by atoms with van der Waals surface area (Å²) in [7, 11) is 0. The second-order valence-electron chi connectivity index (χ2n) is 4.89. The molecule has 0 amide bonds. The minimum atomic E-state index is -1.45. The summed E-state index contributed by atoms with van der Waals surface area (Å²) in [5.74, 6) is -1.11. The highest BCUT2D eigenvalue weighted by Crippen LogP contribution is 2.28. The molecule has 0 radical (unpaired) electrons. The molecule has 3 rings (SSSR count). The number of carbonyl (C=O) groups is 2. The van der Waals surface area contributed by atoms with E-state index in [4.69, 9.17) is 9.84 Å². The molecule has 0 fully saturated rings. The molecule has 126 valence electrons. The van der Waals surface area contributed by atoms with Crippen LogP contribution in [-0.2, 0) is 0 Å². The summed E-state index contributed by atoms with van der Waals surface area (Å²) in [6, 6.07) is 8.09. The number of aromatic nitrogens is 2. The lowest BCUT2D eigenvalue weighted by Crippen LogP contribution is -2.14. The fourth-order valence-corrected chi connectivity index (χ4v) is 2.27. The van der Waals surface area contributed by atoms with Crippen LogP contribution in [0.5, 0.6) is 11.6 Å². The molecule has 2 N–H and O–H groups in total. The Bertz CT molecular complexity index is 1010. The molecule has 0 bridgehead atoms. The summed E-state index contributed by atoms with van der Waals surface area (Å²) in [6.45, 7) is 0. The van der Waals surface area contributed by atoms with Gasteiger partial charge >= 0.3 is 12.1 Å². The fourth-order valence-electron chi connectivity index (χ4n) is 2.27. The molecule has 0 aliphatic heterocycles. The van der Waals surface area contributed by atoms with Crippen LogP contribution in [-0.4, -0.2) is 36.7 Å². The average molecular weight is 343 g/mol. The molecule has 2 aromatic heterocycles. The van der Waals surface area contributed by atoms with Gasteiger partial charge in [-0.1, -0.05) is 0 Å². The van der Waals surface area contributed by atoms with Gasteiger partial charge < -0.3 is 14.9 Å². The number of benzene rings is 1. The number of rotatable bonds is 4. The standard InChI is InChI=1S/C15H9N3O7/c19-14(20)12-5-8-1-3-10(6-11(8)17(12)15(21)22)25-13-4-2-9(7-16-13)18(23)24/h1-7H,(H,19,20)(H,21,22). The van der Waals surface area contributed by atoms with Gasteiger partial charge in [-0.05, 0) is 18.2 Å². The van der Waals surface area contributed by atoms with Crippen LogP contribution < -0.4 is 4.74 Å². The monoisotopic (exact) mass is 343 g/mol. The fraction of sp³-hybridized carbons (Fsp3) is 0. The first-order chi connectivity index (χ1) is 11.9. The van der Waals surface area contributed by atoms with E-state index < -0.39 is 22.7 Å². The first kappa shape index (κ1) is 15.9. The summed E-state index contributed by atoms with van der Waals surface area (Å²) in [5, 5.41) is 29.4. The Labute approximate surface area is 138 Å². The Balaban J connectivity index is 2.00. The van der Waals surface area contributed by atoms with Gasteiger partial charge in [0, 0.05) is 23.6 Å². The maximum absolute atomic E-state index is 11.4. The van der Waals surface area contributed by atoms with E-state index in [1.54, 1.807) is 0 Å². The third-order valence-corrected chi connectivity index (χ3v) is 3.34. The SMILES string of the molecule is O=C(O)c1cc2ccc(Oc3ccc([N+](=O)[O-])cn3)cc2n1C(=O)O. The van der Waals surface area contributed by atoms with Crippen molar-refractivity contribution in [3.63, 3.8) is 0 Å². The average Bonchev–Trinajstić information content (AvgIpc) is 2.94. The Kier molecular flexibility index (Phi) is 3.77. The van der Waals surface area contributed by atoms with Gasteiger partial charge in [0.2, 0.25) is 5.88 Å². The number of aromatic carboxylic acids is 1. The topological polar surface area (TPSA) is 145 Å². The van der Waals surface area contributed by atoms with E-state index in [9.17, 15) is 24.8 Å². The van der Waals surface area contributed by atoms with Crippen molar-refractivity contribution in [2.75, 3.05) is 0 Å². The maximum atomic E-state index is 11.4. The van der Waals surface area contributed by atoms with E-state index in [0.717, 1.165) is 6.20 Å². The van der Waals surface area contributed by atoms with Crippen LogP contribution >= 0.6 is 0 Å². The van der Waals surface area contributed by atoms with Crippen molar-refractivity contribution in [2.24, 2.45) is 0 Å². The Hall–Kier alpha value is -3.95. The van der Waals surface area contributed by atoms with E-state index >= 15 is 0 Å². The molecule has 2 heterocycles. The van der Waals surface area contributed by atoms with Gasteiger partial charge in [0.05, 0.1) is 10.4 Å². The van der Waals surface area contributed by atoms with Crippen LogP contribution in [0.3, 0.4) is 0 Å². The summed E-state index contributed by atoms with van der Waals surface area (Å²) in [6.07, 6.45) is -0.422. The summed E-state index contributed by atoms with van der Waals surface area (Å²) < 4.78 is 6.07. The minimum Gasteiger partial charge on any atom is -0.477 e. The number of ether oxygens (including phenoxy) is 1. The highest BCUT2D eigenvalue weighted by atomic mass is 16.6. The van der Waals surface area contributed by atoms with Crippen LogP contribution in [0.1, 0.15) is 10.5 Å². The zero-order chi connectivity index (χ0) is 18.1. The van der Waals surface area contributed by atoms with Crippen molar-refractivity contribution in [2.45, 2.75) is 0 Å². The van der Waals surface area contributed by atoms with E-state index in [2.05, 4.69) is 4.98 Å². The number of fused-ring (bicyclic) bond motifs is 1. The molecule has 10 nitrogen and oxygen atoms in total. The van der Waals surface area contributed by atoms with Crippen molar-refractivity contribution in [1.29, 1.82) is 0 Å². The zero-order valence-corrected chi connectivity index (χ0v) is 12.3. The van der Waals surface area contributed by atoms with Crippen LogP contribution in [0, 0.1) is 10.1 Å². The molecule has 3 aromatic rings. The Morgan fingerprint density at radius 2 is 1.92 bits per heavy atom. The van der Waals surface area contributed by atoms with E-state index in [1.807, 2.05) is 0 Å². The predicted octanol–water partition coefficient (Wildman–Crippen LogP) is 2.96. The van der Waals surface area contributed by atoms with Crippen LogP contribution in [0.15, 0.2) is 42.6 Å². The zero-order valence-electron chi connectivity index (χ0n) is 12.3. The van der Waals surface area contributed by atoms with Gasteiger partial charge in [0.25, 0.3) is 5.69 Å². The molecule has 25 heavy (non-hydrogen) atoms. The summed E-state index contributed by atoms with van der Waals surface area (Å²) in [5.41, 5.74) is -0.467. The molecular formula is C15H9N3O7. The lowest BCUT2D eigenvalue weighted by molar-refractivity contribution is -0.385. The van der Waals surface area contributed by atoms with Crippen LogP contribution in [0.2, 0.25) is 0 Å². The molecule has 0 spiro atoms. The first-order valence-electron chi connectivity index (χ1n) is 6.77. The van der Waals surface area contributed by atoms with E-state index in [0.29, 0.717) is 9.95 Å². The lowest BCUT2D eigenvalue weighted by atomic mass is 10.2. The lowest BCUT2D eigenvalue weighted by Gasteiger charge is -2.06. The molecule has 1 aromatic carbocycles. The molecule has 0 saturated heterocycles. The smallest absolute Gasteiger partial charge is 0.416 e. The third kappa shape index (κ3) is 2.95. The maximum Gasteiger partial charge on any atom is 0.416 e. The summed E-state index contributed by atoms with van der Waals surface area (Å²) >= 11 is 0. The quantitative estimate of drug-likeness (QED) is 0.543. The number of hydrogen-bond acceptors (Lipinski definition) is 6. The number of carboxylic acid groups (broad SMARTS) is 2. The molecule has 0 aliphatic carbocycles. The molecule has 0 aliphatic rings. The molecular weight excluding hydrogens is 334 g/mol. The Morgan fingerprint density at radius 1 is 1.16 bits per heavy atom.